The minimum absolute atomic E-state index is 0.365. The van der Waals surface area contributed by atoms with Crippen LogP contribution in [0.1, 0.15) is 30.3 Å². The molecule has 0 spiro atoms. The van der Waals surface area contributed by atoms with E-state index in [1.165, 1.54) is 24.4 Å². The Morgan fingerprint density at radius 3 is 2.93 bits per heavy atom. The number of carbonyl (C=O) groups is 1. The molecule has 0 unspecified atom stereocenters. The van der Waals surface area contributed by atoms with Gasteiger partial charge < -0.3 is 9.64 Å². The number of nitrogens with zero attached hydrogens (tertiary/aromatic N) is 3. The maximum absolute atomic E-state index is 11.5. The van der Waals surface area contributed by atoms with Gasteiger partial charge >= 0.3 is 5.97 Å². The fourth-order valence-corrected chi connectivity index (χ4v) is 2.35. The number of aromatic nitrogens is 2. The first kappa shape index (κ1) is 10.4. The van der Waals surface area contributed by atoms with Crippen molar-refractivity contribution in [2.75, 3.05) is 24.6 Å². The third kappa shape index (κ3) is 2.09. The highest BCUT2D eigenvalue weighted by atomic mass is 32.1. The molecule has 0 amide bonds. The van der Waals surface area contributed by atoms with Gasteiger partial charge in [-0.25, -0.2) is 4.79 Å². The Labute approximate surface area is 92.2 Å². The van der Waals surface area contributed by atoms with Crippen molar-refractivity contribution in [2.24, 2.45) is 0 Å². The fraction of sp³-hybridized carbons (Fsp3) is 0.667. The number of hydrogen-bond donors (Lipinski definition) is 0. The van der Waals surface area contributed by atoms with Gasteiger partial charge in [0.1, 0.15) is 5.00 Å². The average molecular weight is 227 g/mol. The summed E-state index contributed by atoms with van der Waals surface area (Å²) in [4.78, 5) is 13.7. The van der Waals surface area contributed by atoms with Crippen molar-refractivity contribution < 1.29 is 9.53 Å². The fourth-order valence-electron chi connectivity index (χ4n) is 1.64. The second-order valence-corrected chi connectivity index (χ2v) is 4.07. The summed E-state index contributed by atoms with van der Waals surface area (Å²) in [6.07, 6.45) is 2.33. The Kier molecular flexibility index (Phi) is 3.15. The molecular weight excluding hydrogens is 214 g/mol. The molecule has 1 aliphatic heterocycles. The third-order valence-electron chi connectivity index (χ3n) is 2.33. The van der Waals surface area contributed by atoms with Gasteiger partial charge in [0.25, 0.3) is 0 Å². The molecule has 1 fully saturated rings. The van der Waals surface area contributed by atoms with Crippen LogP contribution in [0.15, 0.2) is 0 Å². The Bertz CT molecular complexity index is 347. The predicted octanol–water partition coefficient (Wildman–Crippen LogP) is 1.31. The minimum atomic E-state index is -0.367. The molecule has 2 rings (SSSR count). The quantitative estimate of drug-likeness (QED) is 0.729. The zero-order chi connectivity index (χ0) is 10.7. The summed E-state index contributed by atoms with van der Waals surface area (Å²) in [5.41, 5.74) is 0.365. The molecule has 82 valence electrons. The van der Waals surface area contributed by atoms with Gasteiger partial charge in [0.2, 0.25) is 5.69 Å². The van der Waals surface area contributed by atoms with E-state index in [0.29, 0.717) is 12.3 Å². The van der Waals surface area contributed by atoms with Gasteiger partial charge in [-0.2, -0.15) is 0 Å². The Hall–Kier alpha value is -1.17. The van der Waals surface area contributed by atoms with Gasteiger partial charge in [0.15, 0.2) is 0 Å². The summed E-state index contributed by atoms with van der Waals surface area (Å²) in [5.74, 6) is -0.367. The summed E-state index contributed by atoms with van der Waals surface area (Å²) in [7, 11) is 0. The van der Waals surface area contributed by atoms with Crippen LogP contribution in [-0.4, -0.2) is 35.3 Å². The van der Waals surface area contributed by atoms with Crippen LogP contribution in [-0.2, 0) is 4.74 Å². The van der Waals surface area contributed by atoms with Crippen molar-refractivity contribution in [1.82, 2.24) is 9.59 Å². The lowest BCUT2D eigenvalue weighted by molar-refractivity contribution is 0.0520. The summed E-state index contributed by atoms with van der Waals surface area (Å²) < 4.78 is 8.74. The molecule has 0 saturated carbocycles. The Morgan fingerprint density at radius 1 is 1.53 bits per heavy atom. The van der Waals surface area contributed by atoms with E-state index in [4.69, 9.17) is 4.74 Å². The van der Waals surface area contributed by atoms with Crippen LogP contribution < -0.4 is 4.90 Å². The van der Waals surface area contributed by atoms with Crippen molar-refractivity contribution in [3.05, 3.63) is 5.69 Å². The average Bonchev–Trinajstić information content (AvgIpc) is 2.88. The van der Waals surface area contributed by atoms with Gasteiger partial charge in [0, 0.05) is 24.6 Å². The SMILES string of the molecule is CCOC(=O)c1nnsc1N1CCCC1. The van der Waals surface area contributed by atoms with E-state index in [0.717, 1.165) is 18.1 Å². The number of anilines is 1. The second-order valence-electron chi connectivity index (χ2n) is 3.34. The van der Waals surface area contributed by atoms with Gasteiger partial charge in [-0.3, -0.25) is 0 Å². The van der Waals surface area contributed by atoms with Crippen LogP contribution in [0.25, 0.3) is 0 Å². The lowest BCUT2D eigenvalue weighted by atomic mass is 10.4. The van der Waals surface area contributed by atoms with Gasteiger partial charge in [-0.15, -0.1) is 5.10 Å². The number of ether oxygens (including phenoxy) is 1. The smallest absolute Gasteiger partial charge is 0.362 e. The van der Waals surface area contributed by atoms with E-state index < -0.39 is 0 Å². The van der Waals surface area contributed by atoms with Crippen LogP contribution in [0.4, 0.5) is 5.00 Å². The molecule has 1 saturated heterocycles. The molecule has 0 N–H and O–H groups in total. The van der Waals surface area contributed by atoms with E-state index in [1.54, 1.807) is 6.92 Å². The van der Waals surface area contributed by atoms with Crippen molar-refractivity contribution in [1.29, 1.82) is 0 Å². The highest BCUT2D eigenvalue weighted by molar-refractivity contribution is 7.10. The van der Waals surface area contributed by atoms with Crippen LogP contribution in [0.5, 0.6) is 0 Å². The van der Waals surface area contributed by atoms with E-state index in [9.17, 15) is 4.79 Å². The highest BCUT2D eigenvalue weighted by Crippen LogP contribution is 2.27. The molecule has 0 bridgehead atoms. The molecule has 1 aromatic rings. The standard InChI is InChI=1S/C9H13N3O2S/c1-2-14-9(13)7-8(15-11-10-7)12-5-3-4-6-12/h2-6H2,1H3. The van der Waals surface area contributed by atoms with Crippen LogP contribution >= 0.6 is 11.5 Å². The highest BCUT2D eigenvalue weighted by Gasteiger charge is 2.24. The van der Waals surface area contributed by atoms with Crippen molar-refractivity contribution in [2.45, 2.75) is 19.8 Å². The molecule has 1 aromatic heterocycles. The minimum Gasteiger partial charge on any atom is -0.461 e. The summed E-state index contributed by atoms with van der Waals surface area (Å²) in [6, 6.07) is 0. The van der Waals surface area contributed by atoms with Crippen molar-refractivity contribution >= 4 is 22.5 Å². The van der Waals surface area contributed by atoms with E-state index in [2.05, 4.69) is 14.5 Å². The number of carbonyl (C=O) groups excluding carboxylic acids is 1. The molecule has 15 heavy (non-hydrogen) atoms. The predicted molar refractivity (Wildman–Crippen MR) is 57.3 cm³/mol. The molecule has 0 aliphatic carbocycles. The maximum atomic E-state index is 11.5. The molecule has 0 radical (unpaired) electrons. The Balaban J connectivity index is 2.17. The number of hydrogen-bond acceptors (Lipinski definition) is 6. The third-order valence-corrected chi connectivity index (χ3v) is 3.12. The monoisotopic (exact) mass is 227 g/mol. The largest absolute Gasteiger partial charge is 0.461 e. The van der Waals surface area contributed by atoms with E-state index >= 15 is 0 Å². The lowest BCUT2D eigenvalue weighted by Crippen LogP contribution is -2.20. The topological polar surface area (TPSA) is 55.3 Å². The first-order valence-corrected chi connectivity index (χ1v) is 5.84. The van der Waals surface area contributed by atoms with Crippen molar-refractivity contribution in [3.8, 4) is 0 Å². The molecule has 2 heterocycles. The normalized spacial score (nSPS) is 15.7. The number of esters is 1. The first-order chi connectivity index (χ1) is 7.33. The van der Waals surface area contributed by atoms with Gasteiger partial charge in [0.05, 0.1) is 6.61 Å². The van der Waals surface area contributed by atoms with Gasteiger partial charge in [-0.05, 0) is 19.8 Å². The molecule has 5 nitrogen and oxygen atoms in total. The van der Waals surface area contributed by atoms with Crippen LogP contribution in [0, 0.1) is 0 Å². The zero-order valence-electron chi connectivity index (χ0n) is 8.60. The molecule has 1 aliphatic rings. The van der Waals surface area contributed by atoms with E-state index in [-0.39, 0.29) is 5.97 Å². The van der Waals surface area contributed by atoms with Crippen LogP contribution in [0.2, 0.25) is 0 Å². The molecule has 0 aromatic carbocycles. The first-order valence-electron chi connectivity index (χ1n) is 5.07. The van der Waals surface area contributed by atoms with E-state index in [1.807, 2.05) is 0 Å². The molecular formula is C9H13N3O2S. The lowest BCUT2D eigenvalue weighted by Gasteiger charge is -2.14. The van der Waals surface area contributed by atoms with Crippen LogP contribution in [0.3, 0.4) is 0 Å². The number of rotatable bonds is 3. The summed E-state index contributed by atoms with van der Waals surface area (Å²) in [5, 5.41) is 4.68. The van der Waals surface area contributed by atoms with Crippen molar-refractivity contribution in [3.63, 3.8) is 0 Å². The Morgan fingerprint density at radius 2 is 2.27 bits per heavy atom. The molecule has 0 atom stereocenters. The molecule has 6 heteroatoms. The van der Waals surface area contributed by atoms with Gasteiger partial charge in [-0.1, -0.05) is 4.49 Å². The summed E-state index contributed by atoms with van der Waals surface area (Å²) >= 11 is 1.26. The zero-order valence-corrected chi connectivity index (χ0v) is 9.42. The second kappa shape index (κ2) is 4.57. The maximum Gasteiger partial charge on any atom is 0.362 e. The summed E-state index contributed by atoms with van der Waals surface area (Å²) in [6.45, 7) is 4.12.